The molecule has 0 unspecified atom stereocenters. The molecule has 0 aliphatic heterocycles. The largest absolute Gasteiger partial charge is 0.503 e. The van der Waals surface area contributed by atoms with Gasteiger partial charge in [0.05, 0.1) is 16.3 Å². The van der Waals surface area contributed by atoms with Crippen molar-refractivity contribution in [3.63, 3.8) is 0 Å². The van der Waals surface area contributed by atoms with Crippen LogP contribution in [0.1, 0.15) is 5.56 Å². The number of hydrogen-bond acceptors (Lipinski definition) is 4. The second kappa shape index (κ2) is 5.56. The zero-order chi connectivity index (χ0) is 14.9. The molecule has 0 aliphatic carbocycles. The molecule has 0 fully saturated rings. The van der Waals surface area contributed by atoms with Crippen molar-refractivity contribution in [3.05, 3.63) is 44.0 Å². The Hall–Kier alpha value is -1.98. The minimum absolute atomic E-state index is 0.0406. The maximum absolute atomic E-state index is 12.0. The molecule has 0 amide bonds. The Morgan fingerprint density at radius 2 is 2.10 bits per heavy atom. The van der Waals surface area contributed by atoms with Crippen molar-refractivity contribution in [1.82, 2.24) is 4.98 Å². The highest BCUT2D eigenvalue weighted by Crippen LogP contribution is 2.33. The number of nitrogens with one attached hydrogen (secondary N) is 3. The van der Waals surface area contributed by atoms with Gasteiger partial charge in [-0.25, -0.2) is 0 Å². The van der Waals surface area contributed by atoms with Gasteiger partial charge in [0.1, 0.15) is 5.82 Å². The molecule has 5 nitrogen and oxygen atoms in total. The average molecular weight is 312 g/mol. The third kappa shape index (κ3) is 2.37. The predicted molar refractivity (Wildman–Crippen MR) is 81.6 cm³/mol. The van der Waals surface area contributed by atoms with Crippen LogP contribution in [0.25, 0.3) is 11.3 Å². The number of anilines is 1. The number of benzene rings is 1. The first-order valence-corrected chi connectivity index (χ1v) is 6.38. The Labute approximate surface area is 124 Å². The number of rotatable bonds is 3. The molecule has 0 saturated heterocycles. The summed E-state index contributed by atoms with van der Waals surface area (Å²) in [5.41, 5.74) is 0.00765. The van der Waals surface area contributed by atoms with Gasteiger partial charge in [-0.05, 0) is 18.2 Å². The van der Waals surface area contributed by atoms with E-state index < -0.39 is 11.2 Å². The number of H-pyrrole nitrogens is 1. The van der Waals surface area contributed by atoms with Crippen LogP contribution >= 0.6 is 23.2 Å². The Kier molecular flexibility index (Phi) is 4.01. The number of pyridine rings is 1. The maximum Gasteiger partial charge on any atom is 0.234 e. The molecule has 0 spiro atoms. The van der Waals surface area contributed by atoms with Crippen molar-refractivity contribution < 1.29 is 5.11 Å². The molecular formula is C13H11Cl2N3O2. The first-order chi connectivity index (χ1) is 9.49. The third-order valence-electron chi connectivity index (χ3n) is 2.81. The molecule has 7 heteroatoms. The van der Waals surface area contributed by atoms with Crippen LogP contribution in [0.4, 0.5) is 5.82 Å². The van der Waals surface area contributed by atoms with E-state index in [1.165, 1.54) is 6.07 Å². The van der Waals surface area contributed by atoms with Crippen molar-refractivity contribution in [1.29, 1.82) is 5.41 Å². The second-order valence-electron chi connectivity index (χ2n) is 3.98. The van der Waals surface area contributed by atoms with Crippen molar-refractivity contribution in [3.8, 4) is 17.0 Å². The number of hydrogen-bond donors (Lipinski definition) is 4. The Morgan fingerprint density at radius 3 is 2.65 bits per heavy atom. The lowest BCUT2D eigenvalue weighted by Crippen LogP contribution is -2.14. The SMILES string of the molecule is CNc1[nH]c(-c2ccc(Cl)cc2Cl)c(O)c(=O)c1C=N. The van der Waals surface area contributed by atoms with Gasteiger partial charge in [0.15, 0.2) is 5.75 Å². The molecule has 1 aromatic heterocycles. The van der Waals surface area contributed by atoms with Gasteiger partial charge in [0.2, 0.25) is 5.43 Å². The zero-order valence-electron chi connectivity index (χ0n) is 10.4. The molecule has 104 valence electrons. The average Bonchev–Trinajstić information content (AvgIpc) is 2.42. The zero-order valence-corrected chi connectivity index (χ0v) is 11.9. The van der Waals surface area contributed by atoms with Crippen LogP contribution in [0.5, 0.6) is 5.75 Å². The normalized spacial score (nSPS) is 10.3. The summed E-state index contributed by atoms with van der Waals surface area (Å²) in [6, 6.07) is 4.71. The van der Waals surface area contributed by atoms with Crippen molar-refractivity contribution in [2.24, 2.45) is 0 Å². The summed E-state index contributed by atoms with van der Waals surface area (Å²) in [4.78, 5) is 14.9. The van der Waals surface area contributed by atoms with Gasteiger partial charge in [0.25, 0.3) is 0 Å². The first kappa shape index (κ1) is 14.4. The van der Waals surface area contributed by atoms with Crippen molar-refractivity contribution >= 4 is 35.2 Å². The van der Waals surface area contributed by atoms with E-state index in [0.29, 0.717) is 21.4 Å². The smallest absolute Gasteiger partial charge is 0.234 e. The number of aromatic amines is 1. The highest BCUT2D eigenvalue weighted by Gasteiger charge is 2.17. The van der Waals surface area contributed by atoms with E-state index >= 15 is 0 Å². The van der Waals surface area contributed by atoms with Crippen LogP contribution in [-0.4, -0.2) is 23.4 Å². The molecule has 4 N–H and O–H groups in total. The Morgan fingerprint density at radius 1 is 1.40 bits per heavy atom. The van der Waals surface area contributed by atoms with Gasteiger partial charge >= 0.3 is 0 Å². The molecule has 0 saturated carbocycles. The summed E-state index contributed by atoms with van der Waals surface area (Å²) in [6.45, 7) is 0. The maximum atomic E-state index is 12.0. The van der Waals surface area contributed by atoms with Crippen LogP contribution in [0.15, 0.2) is 23.0 Å². The van der Waals surface area contributed by atoms with E-state index in [2.05, 4.69) is 10.3 Å². The highest BCUT2D eigenvalue weighted by molar-refractivity contribution is 6.36. The quantitative estimate of drug-likeness (QED) is 0.657. The second-order valence-corrected chi connectivity index (χ2v) is 4.83. The standard InChI is InChI=1S/C13H11Cl2N3O2/c1-17-13-8(5-16)11(19)12(20)10(18-13)7-3-2-6(14)4-9(7)15/h2-5,16,20H,1H3,(H2,17,18,19). The minimum atomic E-state index is -0.649. The molecule has 2 rings (SSSR count). The summed E-state index contributed by atoms with van der Waals surface area (Å²) in [6.07, 6.45) is 0.873. The number of aromatic nitrogens is 1. The number of aromatic hydroxyl groups is 1. The van der Waals surface area contributed by atoms with E-state index in [-0.39, 0.29) is 11.3 Å². The number of halogens is 2. The van der Waals surface area contributed by atoms with Crippen LogP contribution in [0, 0.1) is 5.41 Å². The molecule has 0 aliphatic rings. The highest BCUT2D eigenvalue weighted by atomic mass is 35.5. The van der Waals surface area contributed by atoms with Gasteiger partial charge < -0.3 is 20.8 Å². The van der Waals surface area contributed by atoms with Crippen LogP contribution in [0.2, 0.25) is 10.0 Å². The van der Waals surface area contributed by atoms with E-state index in [1.54, 1.807) is 19.2 Å². The Balaban J connectivity index is 2.78. The van der Waals surface area contributed by atoms with Crippen molar-refractivity contribution in [2.75, 3.05) is 12.4 Å². The molecule has 0 atom stereocenters. The topological polar surface area (TPSA) is 89.0 Å². The summed E-state index contributed by atoms with van der Waals surface area (Å²) < 4.78 is 0. The van der Waals surface area contributed by atoms with Gasteiger partial charge in [-0.3, -0.25) is 4.79 Å². The predicted octanol–water partition coefficient (Wildman–Crippen LogP) is 3.09. The lowest BCUT2D eigenvalue weighted by atomic mass is 10.1. The van der Waals surface area contributed by atoms with Gasteiger partial charge in [-0.15, -0.1) is 0 Å². The summed E-state index contributed by atoms with van der Waals surface area (Å²) in [5, 5.41) is 20.8. The molecule has 1 aromatic carbocycles. The molecule has 0 radical (unpaired) electrons. The van der Waals surface area contributed by atoms with Crippen LogP contribution < -0.4 is 10.7 Å². The van der Waals surface area contributed by atoms with E-state index in [9.17, 15) is 9.90 Å². The molecular weight excluding hydrogens is 301 g/mol. The third-order valence-corrected chi connectivity index (χ3v) is 3.36. The summed E-state index contributed by atoms with van der Waals surface area (Å²) in [5.74, 6) is -0.171. The van der Waals surface area contributed by atoms with Crippen LogP contribution in [0.3, 0.4) is 0 Å². The van der Waals surface area contributed by atoms with E-state index in [1.807, 2.05) is 0 Å². The molecule has 1 heterocycles. The van der Waals surface area contributed by atoms with E-state index in [4.69, 9.17) is 28.6 Å². The first-order valence-electron chi connectivity index (χ1n) is 5.62. The minimum Gasteiger partial charge on any atom is -0.503 e. The van der Waals surface area contributed by atoms with Crippen LogP contribution in [-0.2, 0) is 0 Å². The lowest BCUT2D eigenvalue weighted by molar-refractivity contribution is 0.470. The van der Waals surface area contributed by atoms with Gasteiger partial charge in [0, 0.05) is 23.8 Å². The molecule has 20 heavy (non-hydrogen) atoms. The Bertz CT molecular complexity index is 741. The fourth-order valence-corrected chi connectivity index (χ4v) is 2.33. The molecule has 0 bridgehead atoms. The van der Waals surface area contributed by atoms with Gasteiger partial charge in [-0.1, -0.05) is 23.2 Å². The lowest BCUT2D eigenvalue weighted by Gasteiger charge is -2.12. The van der Waals surface area contributed by atoms with Gasteiger partial charge in [-0.2, -0.15) is 0 Å². The van der Waals surface area contributed by atoms with Crippen molar-refractivity contribution in [2.45, 2.75) is 0 Å². The van der Waals surface area contributed by atoms with E-state index in [0.717, 1.165) is 6.21 Å². The fraction of sp³-hybridized carbons (Fsp3) is 0.0769. The molecule has 2 aromatic rings. The fourth-order valence-electron chi connectivity index (χ4n) is 1.83. The summed E-state index contributed by atoms with van der Waals surface area (Å²) in [7, 11) is 1.60. The monoisotopic (exact) mass is 311 g/mol. The summed E-state index contributed by atoms with van der Waals surface area (Å²) >= 11 is 11.9.